The van der Waals surface area contributed by atoms with Gasteiger partial charge in [-0.1, -0.05) is 39.0 Å². The highest BCUT2D eigenvalue weighted by molar-refractivity contribution is 7.92. The van der Waals surface area contributed by atoms with E-state index in [1.54, 1.807) is 6.92 Å². The third-order valence-corrected chi connectivity index (χ3v) is 4.04. The first-order valence-electron chi connectivity index (χ1n) is 6.38. The van der Waals surface area contributed by atoms with Crippen LogP contribution in [0.15, 0.2) is 0 Å². The molecule has 0 N–H and O–H groups in total. The zero-order valence-corrected chi connectivity index (χ0v) is 11.7. The van der Waals surface area contributed by atoms with Crippen molar-refractivity contribution in [2.24, 2.45) is 0 Å². The van der Waals surface area contributed by atoms with Crippen molar-refractivity contribution < 1.29 is 17.9 Å². The van der Waals surface area contributed by atoms with E-state index in [2.05, 4.69) is 11.7 Å². The van der Waals surface area contributed by atoms with Crippen LogP contribution in [0.1, 0.15) is 52.4 Å². The molecule has 0 aromatic rings. The molecule has 0 amide bonds. The van der Waals surface area contributed by atoms with Gasteiger partial charge in [-0.3, -0.25) is 4.79 Å². The Hall–Kier alpha value is -0.580. The molecule has 0 aliphatic rings. The van der Waals surface area contributed by atoms with E-state index in [1.165, 1.54) is 12.8 Å². The van der Waals surface area contributed by atoms with Crippen LogP contribution in [0.25, 0.3) is 0 Å². The maximum absolute atomic E-state index is 11.5. The predicted molar refractivity (Wildman–Crippen MR) is 68.7 cm³/mol. The third-order valence-electron chi connectivity index (χ3n) is 2.45. The van der Waals surface area contributed by atoms with Crippen molar-refractivity contribution in [1.82, 2.24) is 0 Å². The van der Waals surface area contributed by atoms with Gasteiger partial charge >= 0.3 is 5.97 Å². The lowest BCUT2D eigenvalue weighted by molar-refractivity contribution is -0.139. The van der Waals surface area contributed by atoms with Crippen molar-refractivity contribution >= 4 is 15.8 Å². The van der Waals surface area contributed by atoms with Crippen molar-refractivity contribution in [3.63, 3.8) is 0 Å². The zero-order valence-electron chi connectivity index (χ0n) is 10.9. The fourth-order valence-corrected chi connectivity index (χ4v) is 2.79. The van der Waals surface area contributed by atoms with Crippen molar-refractivity contribution in [2.45, 2.75) is 52.4 Å². The van der Waals surface area contributed by atoms with Crippen LogP contribution in [0, 0.1) is 0 Å². The van der Waals surface area contributed by atoms with Crippen LogP contribution >= 0.6 is 0 Å². The molecule has 0 spiro atoms. The largest absolute Gasteiger partial charge is 0.465 e. The lowest BCUT2D eigenvalue weighted by atomic mass is 10.1. The first kappa shape index (κ1) is 16.4. The standard InChI is InChI=1S/C12H24O4S/c1-3-5-6-7-8-9-10-17(14,15)11-12(13)16-4-2/h3-11H2,1-2H3. The van der Waals surface area contributed by atoms with Crippen molar-refractivity contribution in [2.75, 3.05) is 18.1 Å². The normalized spacial score (nSPS) is 11.4. The maximum Gasteiger partial charge on any atom is 0.321 e. The molecule has 0 unspecified atom stereocenters. The number of ether oxygens (including phenoxy) is 1. The minimum Gasteiger partial charge on any atom is -0.465 e. The van der Waals surface area contributed by atoms with Crippen LogP contribution in [0.3, 0.4) is 0 Å². The molecule has 0 rings (SSSR count). The Morgan fingerprint density at radius 3 is 2.18 bits per heavy atom. The van der Waals surface area contributed by atoms with E-state index >= 15 is 0 Å². The first-order valence-corrected chi connectivity index (χ1v) is 8.20. The molecule has 102 valence electrons. The van der Waals surface area contributed by atoms with Gasteiger partial charge in [-0.05, 0) is 13.3 Å². The second-order valence-electron chi connectivity index (χ2n) is 4.16. The van der Waals surface area contributed by atoms with Gasteiger partial charge in [-0.2, -0.15) is 0 Å². The van der Waals surface area contributed by atoms with Gasteiger partial charge in [0.05, 0.1) is 12.4 Å². The van der Waals surface area contributed by atoms with Gasteiger partial charge in [0.2, 0.25) is 0 Å². The number of hydrogen-bond acceptors (Lipinski definition) is 4. The van der Waals surface area contributed by atoms with Gasteiger partial charge in [-0.25, -0.2) is 8.42 Å². The van der Waals surface area contributed by atoms with Gasteiger partial charge in [-0.15, -0.1) is 0 Å². The monoisotopic (exact) mass is 264 g/mol. The molecule has 0 aromatic heterocycles. The van der Waals surface area contributed by atoms with Crippen molar-refractivity contribution in [3.05, 3.63) is 0 Å². The summed E-state index contributed by atoms with van der Waals surface area (Å²) in [6, 6.07) is 0. The topological polar surface area (TPSA) is 60.4 Å². The SMILES string of the molecule is CCCCCCCCS(=O)(=O)CC(=O)OCC. The number of hydrogen-bond donors (Lipinski definition) is 0. The van der Waals surface area contributed by atoms with Gasteiger partial charge in [0.15, 0.2) is 9.84 Å². The molecule has 0 aromatic carbocycles. The molecule has 0 fully saturated rings. The Kier molecular flexibility index (Phi) is 9.13. The van der Waals surface area contributed by atoms with Gasteiger partial charge in [0, 0.05) is 0 Å². The number of unbranched alkanes of at least 4 members (excludes halogenated alkanes) is 5. The summed E-state index contributed by atoms with van der Waals surface area (Å²) in [6.45, 7) is 4.04. The summed E-state index contributed by atoms with van der Waals surface area (Å²) in [5, 5.41) is 0. The summed E-state index contributed by atoms with van der Waals surface area (Å²) in [6.07, 6.45) is 6.18. The summed E-state index contributed by atoms with van der Waals surface area (Å²) in [4.78, 5) is 11.0. The Labute approximate surface area is 105 Å². The lowest BCUT2D eigenvalue weighted by Crippen LogP contribution is -2.21. The zero-order chi connectivity index (χ0) is 13.1. The lowest BCUT2D eigenvalue weighted by Gasteiger charge is -2.04. The molecule has 0 radical (unpaired) electrons. The summed E-state index contributed by atoms with van der Waals surface area (Å²) >= 11 is 0. The van der Waals surface area contributed by atoms with Crippen LogP contribution < -0.4 is 0 Å². The minimum atomic E-state index is -3.27. The molecular formula is C12H24O4S. The van der Waals surface area contributed by atoms with E-state index in [1.807, 2.05) is 0 Å². The van der Waals surface area contributed by atoms with Gasteiger partial charge in [0.25, 0.3) is 0 Å². The minimum absolute atomic E-state index is 0.0952. The van der Waals surface area contributed by atoms with Crippen LogP contribution in [0.4, 0.5) is 0 Å². The molecule has 17 heavy (non-hydrogen) atoms. The van der Waals surface area contributed by atoms with Crippen molar-refractivity contribution in [1.29, 1.82) is 0 Å². The molecule has 4 nitrogen and oxygen atoms in total. The average molecular weight is 264 g/mol. The molecule has 0 saturated carbocycles. The van der Waals surface area contributed by atoms with Gasteiger partial charge in [0.1, 0.15) is 5.75 Å². The average Bonchev–Trinajstić information content (AvgIpc) is 2.22. The fourth-order valence-electron chi connectivity index (χ4n) is 1.56. The number of carbonyl (C=O) groups is 1. The highest BCUT2D eigenvalue weighted by Gasteiger charge is 2.16. The van der Waals surface area contributed by atoms with E-state index in [0.29, 0.717) is 6.42 Å². The molecule has 0 heterocycles. The van der Waals surface area contributed by atoms with Crippen LogP contribution in [0.5, 0.6) is 0 Å². The Morgan fingerprint density at radius 1 is 1.00 bits per heavy atom. The first-order chi connectivity index (χ1) is 8.02. The summed E-state index contributed by atoms with van der Waals surface area (Å²) in [5.41, 5.74) is 0. The second kappa shape index (κ2) is 9.45. The number of rotatable bonds is 10. The predicted octanol–water partition coefficient (Wildman–Crippen LogP) is 2.32. The van der Waals surface area contributed by atoms with Crippen LogP contribution in [-0.2, 0) is 19.4 Å². The number of sulfone groups is 1. The highest BCUT2D eigenvalue weighted by atomic mass is 32.2. The maximum atomic E-state index is 11.5. The van der Waals surface area contributed by atoms with Crippen LogP contribution in [0.2, 0.25) is 0 Å². The number of esters is 1. The van der Waals surface area contributed by atoms with E-state index in [0.717, 1.165) is 19.3 Å². The Bertz CT molecular complexity index is 296. The summed E-state index contributed by atoms with van der Waals surface area (Å²) < 4.78 is 27.6. The third kappa shape index (κ3) is 10.3. The second-order valence-corrected chi connectivity index (χ2v) is 6.35. The fraction of sp³-hybridized carbons (Fsp3) is 0.917. The molecular weight excluding hydrogens is 240 g/mol. The smallest absolute Gasteiger partial charge is 0.321 e. The Morgan fingerprint density at radius 2 is 1.59 bits per heavy atom. The van der Waals surface area contributed by atoms with Crippen LogP contribution in [-0.4, -0.2) is 32.5 Å². The van der Waals surface area contributed by atoms with E-state index < -0.39 is 21.6 Å². The molecule has 0 atom stereocenters. The summed E-state index contributed by atoms with van der Waals surface area (Å²) in [7, 11) is -3.27. The highest BCUT2D eigenvalue weighted by Crippen LogP contribution is 2.07. The van der Waals surface area contributed by atoms with E-state index in [9.17, 15) is 13.2 Å². The molecule has 5 heteroatoms. The van der Waals surface area contributed by atoms with Crippen molar-refractivity contribution in [3.8, 4) is 0 Å². The molecule has 0 aliphatic carbocycles. The Balaban J connectivity index is 3.68. The van der Waals surface area contributed by atoms with E-state index in [-0.39, 0.29) is 12.4 Å². The van der Waals surface area contributed by atoms with E-state index in [4.69, 9.17) is 0 Å². The summed E-state index contributed by atoms with van der Waals surface area (Å²) in [5.74, 6) is -1.02. The number of carbonyl (C=O) groups excluding carboxylic acids is 1. The molecule has 0 aliphatic heterocycles. The molecule has 0 bridgehead atoms. The molecule has 0 saturated heterocycles. The quantitative estimate of drug-likeness (QED) is 0.449. The van der Waals surface area contributed by atoms with Gasteiger partial charge < -0.3 is 4.74 Å².